The number of benzene rings is 7. The summed E-state index contributed by atoms with van der Waals surface area (Å²) >= 11 is 1.60. The Bertz CT molecular complexity index is 3230. The molecule has 336 valence electrons. The monoisotopic (exact) mass is 916 g/mol. The fourth-order valence-electron chi connectivity index (χ4n) is 10.8. The van der Waals surface area contributed by atoms with Crippen molar-refractivity contribution < 1.29 is 26.3 Å². The minimum Gasteiger partial charge on any atom is -0.312 e. The van der Waals surface area contributed by atoms with Gasteiger partial charge in [-0.05, 0) is 108 Å². The Morgan fingerprint density at radius 3 is 1.37 bits per heavy atom. The summed E-state index contributed by atoms with van der Waals surface area (Å²) in [5, 5.41) is 0. The highest BCUT2D eigenvalue weighted by atomic mass is 32.2. The number of anilines is 6. The van der Waals surface area contributed by atoms with E-state index < -0.39 is 30.2 Å². The molecule has 0 atom stereocenters. The molecule has 0 spiro atoms. The van der Waals surface area contributed by atoms with E-state index in [4.69, 9.17) is 0 Å². The molecule has 7 aromatic carbocycles. The lowest BCUT2D eigenvalue weighted by atomic mass is 9.29. The lowest BCUT2D eigenvalue weighted by Gasteiger charge is -2.50. The van der Waals surface area contributed by atoms with Crippen molar-refractivity contribution in [2.24, 2.45) is 0 Å². The van der Waals surface area contributed by atoms with Gasteiger partial charge in [-0.25, -0.2) is 0 Å². The highest BCUT2D eigenvalue weighted by Crippen LogP contribution is 2.54. The van der Waals surface area contributed by atoms with Gasteiger partial charge >= 0.3 is 12.4 Å². The Balaban J connectivity index is 1.35. The maximum Gasteiger partial charge on any atom is 0.418 e. The first kappa shape index (κ1) is 43.8. The van der Waals surface area contributed by atoms with Crippen LogP contribution >= 0.6 is 11.8 Å². The summed E-state index contributed by atoms with van der Waals surface area (Å²) in [6, 6.07) is 39.2. The highest BCUT2D eigenvalue weighted by Gasteiger charge is 2.52. The molecule has 0 amide bonds. The predicted octanol–water partition coefficient (Wildman–Crippen LogP) is 12.7. The van der Waals surface area contributed by atoms with Crippen LogP contribution in [0, 0.1) is 0 Å². The van der Waals surface area contributed by atoms with E-state index in [2.05, 4.69) is 128 Å². The summed E-state index contributed by atoms with van der Waals surface area (Å²) in [5.74, 6) is 0. The van der Waals surface area contributed by atoms with E-state index in [1.807, 2.05) is 24.3 Å². The van der Waals surface area contributed by atoms with Crippen LogP contribution < -0.4 is 42.6 Å². The van der Waals surface area contributed by atoms with Crippen LogP contribution in [-0.4, -0.2) is 13.4 Å². The zero-order valence-electron chi connectivity index (χ0n) is 38.8. The number of fused-ring (bicyclic) bond motifs is 10. The van der Waals surface area contributed by atoms with E-state index in [0.29, 0.717) is 17.4 Å². The number of hydrogen-bond acceptors (Lipinski definition) is 3. The smallest absolute Gasteiger partial charge is 0.312 e. The molecule has 7 aromatic rings. The average Bonchev–Trinajstić information content (AvgIpc) is 3.26. The Kier molecular flexibility index (Phi) is 9.38. The first-order valence-electron chi connectivity index (χ1n) is 22.8. The van der Waals surface area contributed by atoms with Crippen molar-refractivity contribution >= 4 is 92.1 Å². The van der Waals surface area contributed by atoms with Gasteiger partial charge in [0.1, 0.15) is 0 Å². The minimum absolute atomic E-state index is 0.160. The first-order valence-corrected chi connectivity index (χ1v) is 23.6. The highest BCUT2D eigenvalue weighted by molar-refractivity contribution is 8.00. The third kappa shape index (κ3) is 6.72. The molecule has 67 heavy (non-hydrogen) atoms. The second-order valence-corrected chi connectivity index (χ2v) is 22.7. The molecule has 0 bridgehead atoms. The third-order valence-corrected chi connectivity index (χ3v) is 15.3. The number of halogens is 6. The van der Waals surface area contributed by atoms with Crippen molar-refractivity contribution in [2.45, 2.75) is 101 Å². The second kappa shape index (κ2) is 14.4. The summed E-state index contributed by atoms with van der Waals surface area (Å²) in [4.78, 5) is 5.93. The Hall–Kier alpha value is -5.80. The maximum atomic E-state index is 16.1. The van der Waals surface area contributed by atoms with Gasteiger partial charge in [-0.1, -0.05) is 164 Å². The zero-order chi connectivity index (χ0) is 47.5. The van der Waals surface area contributed by atoms with Crippen molar-refractivity contribution in [3.8, 4) is 11.1 Å². The molecular formula is C56H48B2F6N2S. The van der Waals surface area contributed by atoms with Crippen LogP contribution in [0.3, 0.4) is 0 Å². The first-order chi connectivity index (χ1) is 31.4. The van der Waals surface area contributed by atoms with Gasteiger partial charge in [0.2, 0.25) is 6.71 Å². The normalized spacial score (nSPS) is 14.9. The van der Waals surface area contributed by atoms with E-state index in [1.165, 1.54) is 5.56 Å². The van der Waals surface area contributed by atoms with Crippen molar-refractivity contribution in [3.63, 3.8) is 0 Å². The summed E-state index contributed by atoms with van der Waals surface area (Å²) in [6.07, 6.45) is -10.2. The molecule has 0 unspecified atom stereocenters. The molecule has 0 saturated carbocycles. The van der Waals surface area contributed by atoms with Gasteiger partial charge in [0, 0.05) is 43.8 Å². The van der Waals surface area contributed by atoms with Gasteiger partial charge in [0.25, 0.3) is 6.71 Å². The maximum absolute atomic E-state index is 16.1. The average molecular weight is 917 g/mol. The molecule has 4 aliphatic heterocycles. The third-order valence-electron chi connectivity index (χ3n) is 14.2. The Morgan fingerprint density at radius 1 is 0.403 bits per heavy atom. The summed E-state index contributed by atoms with van der Waals surface area (Å²) in [6.45, 7) is 18.9. The van der Waals surface area contributed by atoms with E-state index in [0.717, 1.165) is 76.8 Å². The summed E-state index contributed by atoms with van der Waals surface area (Å²) in [7, 11) is 0. The van der Waals surface area contributed by atoms with Crippen molar-refractivity contribution in [1.29, 1.82) is 0 Å². The molecule has 11 heteroatoms. The standard InChI is InChI=1S/C56H48B2F6N2S/c1-52(2,3)32-19-22-42-39(27-32)57-38-17-13-14-18-46(38)67-47-30-45-48-51(49(47)57)65(42)43-23-20-33(53(4,5)6)28-40(43)58(48)41-29-34(54(7,8)9)21-24-44(41)66(45)50-36(31-15-11-10-12-16-31)25-35(55(59,60)61)26-37(50)56(62,63)64/h10-30H,1-9H3. The topological polar surface area (TPSA) is 6.48 Å². The van der Waals surface area contributed by atoms with Gasteiger partial charge in [-0.3, -0.25) is 0 Å². The van der Waals surface area contributed by atoms with Crippen LogP contribution in [0.2, 0.25) is 0 Å². The number of alkyl halides is 6. The van der Waals surface area contributed by atoms with Gasteiger partial charge in [-0.2, -0.15) is 26.3 Å². The predicted molar refractivity (Wildman–Crippen MR) is 267 cm³/mol. The molecule has 4 aliphatic rings. The summed E-state index contributed by atoms with van der Waals surface area (Å²) < 4.78 is 92.9. The number of rotatable bonds is 2. The quantitative estimate of drug-likeness (QED) is 0.126. The van der Waals surface area contributed by atoms with E-state index >= 15 is 13.2 Å². The molecule has 0 fully saturated rings. The molecule has 11 rings (SSSR count). The van der Waals surface area contributed by atoms with E-state index in [-0.39, 0.29) is 39.8 Å². The fourth-order valence-corrected chi connectivity index (χ4v) is 12.0. The Morgan fingerprint density at radius 2 is 0.881 bits per heavy atom. The van der Waals surface area contributed by atoms with Gasteiger partial charge in [-0.15, -0.1) is 0 Å². The van der Waals surface area contributed by atoms with Gasteiger partial charge in [0.05, 0.1) is 16.8 Å². The van der Waals surface area contributed by atoms with Crippen molar-refractivity contribution in [1.82, 2.24) is 0 Å². The Labute approximate surface area is 393 Å². The lowest BCUT2D eigenvalue weighted by molar-refractivity contribution is -0.142. The molecular weight excluding hydrogens is 868 g/mol. The van der Waals surface area contributed by atoms with Crippen LogP contribution in [0.5, 0.6) is 0 Å². The fraction of sp³-hybridized carbons (Fsp3) is 0.250. The molecule has 0 aromatic heterocycles. The number of hydrogen-bond donors (Lipinski definition) is 0. The van der Waals surface area contributed by atoms with Gasteiger partial charge < -0.3 is 9.80 Å². The summed E-state index contributed by atoms with van der Waals surface area (Å²) in [5.41, 5.74) is 9.48. The van der Waals surface area contributed by atoms with E-state index in [1.54, 1.807) is 47.0 Å². The van der Waals surface area contributed by atoms with Crippen molar-refractivity contribution in [3.05, 3.63) is 155 Å². The largest absolute Gasteiger partial charge is 0.418 e. The van der Waals surface area contributed by atoms with Crippen LogP contribution in [0.25, 0.3) is 11.1 Å². The molecule has 0 saturated heterocycles. The SMILES string of the molecule is CC(C)(C)c1ccc2c(c1)B1c3cc(C(C)(C)C)ccc3N3c4ccc(C(C)(C)C)cc4B4c5ccccc5Sc5cc(c1c3c54)N2c1c(-c2ccccc2)cc(C(F)(F)F)cc1C(F)(F)F. The van der Waals surface area contributed by atoms with Crippen LogP contribution in [-0.2, 0) is 28.6 Å². The lowest BCUT2D eigenvalue weighted by Crippen LogP contribution is -2.68. The van der Waals surface area contributed by atoms with E-state index in [9.17, 15) is 13.2 Å². The number of nitrogens with zero attached hydrogens (tertiary/aromatic N) is 2. The second-order valence-electron chi connectivity index (χ2n) is 21.6. The van der Waals surface area contributed by atoms with Crippen LogP contribution in [0.15, 0.2) is 137 Å². The molecule has 2 nitrogen and oxygen atoms in total. The molecule has 4 heterocycles. The molecule has 0 radical (unpaired) electrons. The van der Waals surface area contributed by atoms with Crippen LogP contribution in [0.4, 0.5) is 60.5 Å². The van der Waals surface area contributed by atoms with Crippen molar-refractivity contribution in [2.75, 3.05) is 9.80 Å². The van der Waals surface area contributed by atoms with Gasteiger partial charge in [0.15, 0.2) is 0 Å². The molecule has 0 N–H and O–H groups in total. The minimum atomic E-state index is -5.18. The molecule has 0 aliphatic carbocycles. The van der Waals surface area contributed by atoms with Crippen LogP contribution in [0.1, 0.15) is 90.1 Å². The zero-order valence-corrected chi connectivity index (χ0v) is 39.7.